The number of ether oxygens (including phenoxy) is 2. The lowest BCUT2D eigenvalue weighted by molar-refractivity contribution is -0.154. The molecule has 2 aliphatic rings. The molecule has 190 valence electrons. The molecular weight excluding hydrogens is 464 g/mol. The van der Waals surface area contributed by atoms with Crippen LogP contribution in [-0.2, 0) is 19.1 Å². The molecule has 2 fully saturated rings. The predicted molar refractivity (Wildman–Crippen MR) is 142 cm³/mol. The van der Waals surface area contributed by atoms with Gasteiger partial charge in [-0.3, -0.25) is 9.59 Å². The highest BCUT2D eigenvalue weighted by Gasteiger charge is 2.50. The highest BCUT2D eigenvalue weighted by atomic mass is 16.6. The van der Waals surface area contributed by atoms with Gasteiger partial charge in [0.1, 0.15) is 6.10 Å². The van der Waals surface area contributed by atoms with E-state index in [-0.39, 0.29) is 41.7 Å². The normalized spacial score (nSPS) is 24.6. The van der Waals surface area contributed by atoms with Gasteiger partial charge in [-0.05, 0) is 29.7 Å². The number of hydrogen-bond acceptors (Lipinski definition) is 5. The summed E-state index contributed by atoms with van der Waals surface area (Å²) < 4.78 is 11.6. The second-order valence-electron chi connectivity index (χ2n) is 10.1. The Hall–Kier alpha value is -3.54. The number of rotatable bonds is 8. The maximum atomic E-state index is 13.0. The van der Waals surface area contributed by atoms with Gasteiger partial charge < -0.3 is 14.6 Å². The Balaban J connectivity index is 1.29. The van der Waals surface area contributed by atoms with E-state index in [2.05, 4.69) is 0 Å². The van der Waals surface area contributed by atoms with Gasteiger partial charge in [-0.1, -0.05) is 97.4 Å². The van der Waals surface area contributed by atoms with Crippen molar-refractivity contribution in [2.24, 2.45) is 11.8 Å². The summed E-state index contributed by atoms with van der Waals surface area (Å²) in [6, 6.07) is 25.6. The molecule has 5 nitrogen and oxygen atoms in total. The van der Waals surface area contributed by atoms with Gasteiger partial charge in [-0.15, -0.1) is 0 Å². The van der Waals surface area contributed by atoms with Crippen molar-refractivity contribution in [1.82, 2.24) is 0 Å². The van der Waals surface area contributed by atoms with E-state index < -0.39 is 6.29 Å². The molecular formula is C32H32O5. The average molecular weight is 497 g/mol. The van der Waals surface area contributed by atoms with Crippen molar-refractivity contribution in [3.8, 4) is 11.1 Å². The van der Waals surface area contributed by atoms with Crippen LogP contribution in [0.3, 0.4) is 0 Å². The summed E-state index contributed by atoms with van der Waals surface area (Å²) in [5, 5.41) is 10.9. The van der Waals surface area contributed by atoms with Crippen molar-refractivity contribution in [2.75, 3.05) is 0 Å². The zero-order valence-electron chi connectivity index (χ0n) is 21.1. The second kappa shape index (κ2) is 10.8. The SMILES string of the molecule is Cc1cccc(C(C)C(=O)/C=C/[C@H]2C(OC(O)c3ccc(-c4ccccc4)cc3)C[C@@H]3OC(=O)C[C@@H]32)c1. The van der Waals surface area contributed by atoms with E-state index in [1.165, 1.54) is 0 Å². The fourth-order valence-electron chi connectivity index (χ4n) is 5.48. The number of allylic oxidation sites excluding steroid dienone is 1. The molecule has 0 bridgehead atoms. The number of fused-ring (bicyclic) bond motifs is 1. The second-order valence-corrected chi connectivity index (χ2v) is 10.1. The molecule has 5 heteroatoms. The third kappa shape index (κ3) is 5.58. The minimum Gasteiger partial charge on any atom is -0.462 e. The van der Waals surface area contributed by atoms with E-state index in [1.54, 1.807) is 6.08 Å². The fraction of sp³-hybridized carbons (Fsp3) is 0.312. The number of hydrogen-bond donors (Lipinski definition) is 1. The summed E-state index contributed by atoms with van der Waals surface area (Å²) in [6.45, 7) is 3.91. The molecule has 1 heterocycles. The minimum absolute atomic E-state index is 0.00455. The maximum absolute atomic E-state index is 13.0. The molecule has 1 N–H and O–H groups in total. The summed E-state index contributed by atoms with van der Waals surface area (Å²) in [6.07, 6.45) is 2.50. The highest BCUT2D eigenvalue weighted by Crippen LogP contribution is 2.44. The molecule has 1 saturated heterocycles. The van der Waals surface area contributed by atoms with Gasteiger partial charge in [0.15, 0.2) is 12.1 Å². The summed E-state index contributed by atoms with van der Waals surface area (Å²) in [5.41, 5.74) is 4.90. The molecule has 3 aromatic rings. The number of carbonyl (C=O) groups excluding carboxylic acids is 2. The average Bonchev–Trinajstić information content (AvgIpc) is 3.42. The van der Waals surface area contributed by atoms with Crippen molar-refractivity contribution >= 4 is 11.8 Å². The van der Waals surface area contributed by atoms with Crippen LogP contribution in [0.5, 0.6) is 0 Å². The van der Waals surface area contributed by atoms with Gasteiger partial charge in [-0.25, -0.2) is 0 Å². The van der Waals surface area contributed by atoms with Gasteiger partial charge in [0.2, 0.25) is 0 Å². The number of aliphatic hydroxyl groups is 1. The molecule has 3 aromatic carbocycles. The van der Waals surface area contributed by atoms with Crippen LogP contribution >= 0.6 is 0 Å². The van der Waals surface area contributed by atoms with Crippen LogP contribution in [0.4, 0.5) is 0 Å². The Morgan fingerprint density at radius 3 is 2.46 bits per heavy atom. The molecule has 1 aliphatic carbocycles. The Bertz CT molecular complexity index is 1280. The topological polar surface area (TPSA) is 72.8 Å². The number of benzene rings is 3. The molecule has 3 unspecified atom stereocenters. The van der Waals surface area contributed by atoms with Crippen molar-refractivity contribution in [3.63, 3.8) is 0 Å². The van der Waals surface area contributed by atoms with Crippen LogP contribution in [0, 0.1) is 18.8 Å². The molecule has 1 saturated carbocycles. The van der Waals surface area contributed by atoms with Crippen LogP contribution in [-0.4, -0.2) is 29.1 Å². The number of aliphatic hydroxyl groups excluding tert-OH is 1. The Morgan fingerprint density at radius 1 is 1.00 bits per heavy atom. The van der Waals surface area contributed by atoms with Gasteiger partial charge in [-0.2, -0.15) is 0 Å². The van der Waals surface area contributed by atoms with E-state index in [0.717, 1.165) is 22.3 Å². The Kier molecular flexibility index (Phi) is 7.36. The minimum atomic E-state index is -1.12. The van der Waals surface area contributed by atoms with E-state index >= 15 is 0 Å². The number of ketones is 1. The molecule has 0 aromatic heterocycles. The first-order valence-electron chi connectivity index (χ1n) is 12.9. The first-order valence-corrected chi connectivity index (χ1v) is 12.9. The standard InChI is InChI=1S/C32H32O5/c1-20-7-6-10-25(17-20)21(2)28(33)16-15-26-27-18-31(34)36-30(27)19-29(26)37-32(35)24-13-11-23(12-14-24)22-8-4-3-5-9-22/h3-17,21,26-27,29-30,32,35H,18-19H2,1-2H3/b16-15+/t21?,26-,27-,29?,30+,32?/m1/s1. The van der Waals surface area contributed by atoms with Gasteiger partial charge >= 0.3 is 5.97 Å². The molecule has 6 atom stereocenters. The van der Waals surface area contributed by atoms with Crippen molar-refractivity contribution < 1.29 is 24.2 Å². The fourth-order valence-corrected chi connectivity index (χ4v) is 5.48. The summed E-state index contributed by atoms with van der Waals surface area (Å²) in [7, 11) is 0. The number of esters is 1. The lowest BCUT2D eigenvalue weighted by atomic mass is 9.89. The van der Waals surface area contributed by atoms with Crippen LogP contribution in [0.25, 0.3) is 11.1 Å². The van der Waals surface area contributed by atoms with E-state index in [9.17, 15) is 14.7 Å². The zero-order valence-corrected chi connectivity index (χ0v) is 21.1. The zero-order chi connectivity index (χ0) is 25.9. The first-order chi connectivity index (χ1) is 17.9. The lowest BCUT2D eigenvalue weighted by Crippen LogP contribution is -2.24. The summed E-state index contributed by atoms with van der Waals surface area (Å²) >= 11 is 0. The maximum Gasteiger partial charge on any atom is 0.306 e. The van der Waals surface area contributed by atoms with Gasteiger partial charge in [0.05, 0.1) is 12.5 Å². The monoisotopic (exact) mass is 496 g/mol. The molecule has 0 spiro atoms. The van der Waals surface area contributed by atoms with Crippen LogP contribution in [0.2, 0.25) is 0 Å². The third-order valence-electron chi connectivity index (χ3n) is 7.61. The van der Waals surface area contributed by atoms with Gasteiger partial charge in [0.25, 0.3) is 0 Å². The Morgan fingerprint density at radius 2 is 1.73 bits per heavy atom. The number of carbonyl (C=O) groups is 2. The Labute approximate surface area is 217 Å². The quantitative estimate of drug-likeness (QED) is 0.238. The third-order valence-corrected chi connectivity index (χ3v) is 7.61. The largest absolute Gasteiger partial charge is 0.462 e. The smallest absolute Gasteiger partial charge is 0.306 e. The molecule has 0 amide bonds. The van der Waals surface area contributed by atoms with E-state index in [4.69, 9.17) is 9.47 Å². The van der Waals surface area contributed by atoms with Crippen molar-refractivity contribution in [2.45, 2.75) is 51.1 Å². The van der Waals surface area contributed by atoms with Crippen LogP contribution in [0.1, 0.15) is 48.7 Å². The van der Waals surface area contributed by atoms with Crippen molar-refractivity contribution in [3.05, 3.63) is 108 Å². The van der Waals surface area contributed by atoms with Crippen molar-refractivity contribution in [1.29, 1.82) is 0 Å². The van der Waals surface area contributed by atoms with Crippen LogP contribution in [0.15, 0.2) is 91.0 Å². The lowest BCUT2D eigenvalue weighted by Gasteiger charge is -2.24. The molecule has 1 aliphatic heterocycles. The predicted octanol–water partition coefficient (Wildman–Crippen LogP) is 5.92. The molecule has 0 radical (unpaired) electrons. The van der Waals surface area contributed by atoms with E-state index in [0.29, 0.717) is 18.4 Å². The first kappa shape index (κ1) is 25.1. The highest BCUT2D eigenvalue weighted by molar-refractivity contribution is 5.95. The molecule has 37 heavy (non-hydrogen) atoms. The number of aryl methyl sites for hydroxylation is 1. The van der Waals surface area contributed by atoms with Crippen LogP contribution < -0.4 is 0 Å². The van der Waals surface area contributed by atoms with E-state index in [1.807, 2.05) is 98.8 Å². The summed E-state index contributed by atoms with van der Waals surface area (Å²) in [4.78, 5) is 25.0. The molecule has 5 rings (SSSR count). The van der Waals surface area contributed by atoms with Gasteiger partial charge in [0, 0.05) is 29.7 Å². The summed E-state index contributed by atoms with van der Waals surface area (Å²) in [5.74, 6) is -0.770.